The minimum atomic E-state index is -1.18. The molecule has 1 aliphatic heterocycles. The summed E-state index contributed by atoms with van der Waals surface area (Å²) in [6, 6.07) is 0. The number of carbonyl (C=O) groups is 1. The molecule has 0 aromatic heterocycles. The van der Waals surface area contributed by atoms with Crippen LogP contribution in [0.15, 0.2) is 0 Å². The van der Waals surface area contributed by atoms with Crippen molar-refractivity contribution in [3.05, 3.63) is 0 Å². The molecule has 0 aromatic rings. The molecule has 0 amide bonds. The van der Waals surface area contributed by atoms with E-state index in [4.69, 9.17) is 15.3 Å². The van der Waals surface area contributed by atoms with Gasteiger partial charge in [-0.25, -0.2) is 0 Å². The molecule has 0 aromatic carbocycles. The van der Waals surface area contributed by atoms with Gasteiger partial charge in [0.2, 0.25) is 0 Å². The molecule has 1 fully saturated rings. The highest BCUT2D eigenvalue weighted by Gasteiger charge is 2.37. The molecule has 3 atom stereocenters. The maximum Gasteiger partial charge on any atom is 0.309 e. The van der Waals surface area contributed by atoms with Crippen molar-refractivity contribution in [1.82, 2.24) is 0 Å². The summed E-state index contributed by atoms with van der Waals surface area (Å²) in [6.07, 6.45) is -3.25. The van der Waals surface area contributed by atoms with Crippen LogP contribution in [0.3, 0.4) is 0 Å². The topological polar surface area (TPSA) is 87.0 Å². The second kappa shape index (κ2) is 3.17. The third kappa shape index (κ3) is 1.68. The molecule has 5 heteroatoms. The molecular weight excluding hydrogens is 152 g/mol. The predicted octanol–water partition coefficient (Wildman–Crippen LogP) is -1.98. The summed E-state index contributed by atoms with van der Waals surface area (Å²) in [6.45, 7) is -0.519. The molecule has 1 unspecified atom stereocenters. The lowest BCUT2D eigenvalue weighted by Gasteiger charge is -2.16. The van der Waals surface area contributed by atoms with E-state index in [1.165, 1.54) is 0 Å². The quantitative estimate of drug-likeness (QED) is 0.409. The van der Waals surface area contributed by atoms with Gasteiger partial charge in [0, 0.05) is 0 Å². The molecule has 0 saturated carbocycles. The van der Waals surface area contributed by atoms with Crippen LogP contribution in [0.5, 0.6) is 0 Å². The van der Waals surface area contributed by atoms with E-state index in [0.717, 1.165) is 0 Å². The summed E-state index contributed by atoms with van der Waals surface area (Å²) >= 11 is 0. The Hall–Kier alpha value is -0.650. The van der Waals surface area contributed by atoms with E-state index in [1.807, 2.05) is 0 Å². The first-order valence-electron chi connectivity index (χ1n) is 3.31. The summed E-state index contributed by atoms with van der Waals surface area (Å²) in [7, 11) is 0. The fourth-order valence-electron chi connectivity index (χ4n) is 1.00. The highest BCUT2D eigenvalue weighted by Crippen LogP contribution is 2.17. The largest absolute Gasteiger partial charge is 0.457 e. The van der Waals surface area contributed by atoms with Gasteiger partial charge in [-0.15, -0.1) is 0 Å². The van der Waals surface area contributed by atoms with Crippen LogP contribution in [0.1, 0.15) is 6.42 Å². The van der Waals surface area contributed by atoms with Gasteiger partial charge >= 0.3 is 5.97 Å². The number of esters is 1. The normalized spacial score (nSPS) is 33.5. The summed E-state index contributed by atoms with van der Waals surface area (Å²) in [5, 5.41) is 26.4. The average molecular weight is 162 g/mol. The van der Waals surface area contributed by atoms with Crippen molar-refractivity contribution in [1.29, 1.82) is 0 Å². The number of hydrogen-bond acceptors (Lipinski definition) is 5. The Kier molecular flexibility index (Phi) is 2.43. The lowest BCUT2D eigenvalue weighted by atomic mass is 10.1. The zero-order chi connectivity index (χ0) is 8.43. The highest BCUT2D eigenvalue weighted by molar-refractivity contribution is 5.72. The summed E-state index contributed by atoms with van der Waals surface area (Å²) in [5.74, 6) is -0.546. The molecule has 3 N–H and O–H groups in total. The second-order valence-electron chi connectivity index (χ2n) is 2.48. The van der Waals surface area contributed by atoms with Crippen LogP contribution in [-0.2, 0) is 9.53 Å². The van der Waals surface area contributed by atoms with Gasteiger partial charge in [0.05, 0.1) is 13.0 Å². The monoisotopic (exact) mass is 162 g/mol. The van der Waals surface area contributed by atoms with Gasteiger partial charge in [-0.2, -0.15) is 0 Å². The van der Waals surface area contributed by atoms with Gasteiger partial charge in [0.1, 0.15) is 12.2 Å². The zero-order valence-corrected chi connectivity index (χ0v) is 5.80. The van der Waals surface area contributed by atoms with Gasteiger partial charge in [0.15, 0.2) is 6.10 Å². The molecule has 5 nitrogen and oxygen atoms in total. The van der Waals surface area contributed by atoms with E-state index in [2.05, 4.69) is 4.74 Å². The van der Waals surface area contributed by atoms with Crippen LogP contribution >= 0.6 is 0 Å². The zero-order valence-electron chi connectivity index (χ0n) is 5.80. The Bertz CT molecular complexity index is 157. The maximum absolute atomic E-state index is 10.5. The first kappa shape index (κ1) is 8.45. The number of carbonyl (C=O) groups excluding carboxylic acids is 1. The summed E-state index contributed by atoms with van der Waals surface area (Å²) in [4.78, 5) is 10.5. The molecule has 1 aliphatic rings. The van der Waals surface area contributed by atoms with Gasteiger partial charge in [-0.1, -0.05) is 0 Å². The van der Waals surface area contributed by atoms with E-state index >= 15 is 0 Å². The minimum absolute atomic E-state index is 0.109. The van der Waals surface area contributed by atoms with Crippen molar-refractivity contribution < 1.29 is 24.9 Å². The first-order valence-corrected chi connectivity index (χ1v) is 3.31. The lowest BCUT2D eigenvalue weighted by molar-refractivity contribution is -0.147. The molecule has 64 valence electrons. The number of hydrogen-bond donors (Lipinski definition) is 3. The number of aliphatic hydroxyl groups excluding tert-OH is 3. The van der Waals surface area contributed by atoms with Crippen molar-refractivity contribution >= 4 is 5.97 Å². The molecule has 0 spiro atoms. The van der Waals surface area contributed by atoms with Gasteiger partial charge in [0.25, 0.3) is 0 Å². The van der Waals surface area contributed by atoms with Gasteiger partial charge in [-0.05, 0) is 0 Å². The summed E-state index contributed by atoms with van der Waals surface area (Å²) < 4.78 is 4.53. The number of cyclic esters (lactones) is 1. The Morgan fingerprint density at radius 1 is 1.73 bits per heavy atom. The minimum Gasteiger partial charge on any atom is -0.457 e. The maximum atomic E-state index is 10.5. The fourth-order valence-corrected chi connectivity index (χ4v) is 1.00. The average Bonchev–Trinajstić information content (AvgIpc) is 2.28. The van der Waals surface area contributed by atoms with E-state index in [0.29, 0.717) is 0 Å². The molecule has 1 heterocycles. The number of aliphatic hydroxyl groups is 3. The predicted molar refractivity (Wildman–Crippen MR) is 33.6 cm³/mol. The van der Waals surface area contributed by atoms with Gasteiger partial charge < -0.3 is 20.1 Å². The van der Waals surface area contributed by atoms with Crippen LogP contribution in [0.4, 0.5) is 0 Å². The lowest BCUT2D eigenvalue weighted by Crippen LogP contribution is -2.36. The number of rotatable bonds is 2. The van der Waals surface area contributed by atoms with Crippen LogP contribution in [0.25, 0.3) is 0 Å². The van der Waals surface area contributed by atoms with Crippen molar-refractivity contribution in [2.24, 2.45) is 0 Å². The van der Waals surface area contributed by atoms with Gasteiger partial charge in [-0.3, -0.25) is 4.79 Å². The molecular formula is C6H10O5. The van der Waals surface area contributed by atoms with Crippen LogP contribution in [0, 0.1) is 0 Å². The standard InChI is InChI=1S/C6H10O5/c7-2-4(9)6-3(8)1-5(10)11-6/h3-4,6-9H,1-2H2/t3-,4?,6+/m0/s1. The molecule has 11 heavy (non-hydrogen) atoms. The Morgan fingerprint density at radius 3 is 2.73 bits per heavy atom. The van der Waals surface area contributed by atoms with Crippen LogP contribution in [-0.4, -0.2) is 46.2 Å². The third-order valence-corrected chi connectivity index (χ3v) is 1.59. The fraction of sp³-hybridized carbons (Fsp3) is 0.833. The molecule has 1 saturated heterocycles. The Balaban J connectivity index is 2.52. The Labute approximate surface area is 63.2 Å². The SMILES string of the molecule is O=C1C[C@H](O)[C@H](C(O)CO)O1. The smallest absolute Gasteiger partial charge is 0.309 e. The van der Waals surface area contributed by atoms with E-state index in [9.17, 15) is 4.79 Å². The molecule has 0 radical (unpaired) electrons. The molecule has 0 aliphatic carbocycles. The molecule has 0 bridgehead atoms. The van der Waals surface area contributed by atoms with Crippen molar-refractivity contribution in [2.75, 3.05) is 6.61 Å². The van der Waals surface area contributed by atoms with E-state index < -0.39 is 30.9 Å². The van der Waals surface area contributed by atoms with E-state index in [-0.39, 0.29) is 6.42 Å². The first-order chi connectivity index (χ1) is 5.15. The summed E-state index contributed by atoms with van der Waals surface area (Å²) in [5.41, 5.74) is 0. The molecule has 1 rings (SSSR count). The number of ether oxygens (including phenoxy) is 1. The highest BCUT2D eigenvalue weighted by atomic mass is 16.6. The third-order valence-electron chi connectivity index (χ3n) is 1.59. The van der Waals surface area contributed by atoms with Crippen molar-refractivity contribution in [2.45, 2.75) is 24.7 Å². The van der Waals surface area contributed by atoms with Crippen LogP contribution in [0.2, 0.25) is 0 Å². The Morgan fingerprint density at radius 2 is 2.36 bits per heavy atom. The van der Waals surface area contributed by atoms with Crippen molar-refractivity contribution in [3.8, 4) is 0 Å². The van der Waals surface area contributed by atoms with Crippen LogP contribution < -0.4 is 0 Å². The van der Waals surface area contributed by atoms with E-state index in [1.54, 1.807) is 0 Å². The van der Waals surface area contributed by atoms with Crippen molar-refractivity contribution in [3.63, 3.8) is 0 Å². The second-order valence-corrected chi connectivity index (χ2v) is 2.48.